The lowest BCUT2D eigenvalue weighted by molar-refractivity contribution is 0.259. The molecule has 0 aromatic carbocycles. The predicted molar refractivity (Wildman–Crippen MR) is 74.0 cm³/mol. The lowest BCUT2D eigenvalue weighted by Gasteiger charge is -2.22. The first kappa shape index (κ1) is 12.6. The van der Waals surface area contributed by atoms with Gasteiger partial charge in [0.1, 0.15) is 0 Å². The van der Waals surface area contributed by atoms with E-state index in [0.717, 1.165) is 6.54 Å². The third-order valence-corrected chi connectivity index (χ3v) is 4.74. The van der Waals surface area contributed by atoms with Crippen molar-refractivity contribution in [3.8, 4) is 0 Å². The number of hydrogen-bond donors (Lipinski definition) is 1. The summed E-state index contributed by atoms with van der Waals surface area (Å²) >= 11 is 5.37. The minimum Gasteiger partial charge on any atom is -0.313 e. The molecule has 2 rings (SSSR count). The third kappa shape index (κ3) is 3.55. The highest BCUT2D eigenvalue weighted by Crippen LogP contribution is 2.21. The molecule has 0 bridgehead atoms. The number of rotatable bonds is 3. The van der Waals surface area contributed by atoms with E-state index in [1.807, 2.05) is 11.3 Å². The van der Waals surface area contributed by atoms with Crippen molar-refractivity contribution < 1.29 is 0 Å². The molecule has 2 nitrogen and oxygen atoms in total. The summed E-state index contributed by atoms with van der Waals surface area (Å²) in [7, 11) is 0. The van der Waals surface area contributed by atoms with Crippen LogP contribution in [0, 0.1) is 0 Å². The Kier molecular flexibility index (Phi) is 4.82. The lowest BCUT2D eigenvalue weighted by Crippen LogP contribution is -2.36. The van der Waals surface area contributed by atoms with Gasteiger partial charge < -0.3 is 5.32 Å². The fourth-order valence-corrected chi connectivity index (χ4v) is 3.64. The Hall–Kier alpha value is 0.1000. The summed E-state index contributed by atoms with van der Waals surface area (Å²) in [5.74, 6) is 0. The van der Waals surface area contributed by atoms with E-state index in [9.17, 15) is 0 Å². The molecule has 1 fully saturated rings. The van der Waals surface area contributed by atoms with Crippen LogP contribution in [0.1, 0.15) is 24.6 Å². The quantitative estimate of drug-likeness (QED) is 0.923. The third-order valence-electron chi connectivity index (χ3n) is 3.06. The van der Waals surface area contributed by atoms with Crippen LogP contribution in [0.3, 0.4) is 0 Å². The molecule has 4 heteroatoms. The smallest absolute Gasteiger partial charge is 0.0328 e. The summed E-state index contributed by atoms with van der Waals surface area (Å²) in [4.78, 5) is 4.04. The monoisotopic (exact) mass is 302 g/mol. The number of thiophene rings is 1. The van der Waals surface area contributed by atoms with Crippen LogP contribution in [0.2, 0.25) is 0 Å². The van der Waals surface area contributed by atoms with E-state index in [-0.39, 0.29) is 0 Å². The molecule has 0 amide bonds. The highest BCUT2D eigenvalue weighted by atomic mass is 79.9. The zero-order valence-corrected chi connectivity index (χ0v) is 12.1. The molecule has 2 heterocycles. The molecule has 0 saturated carbocycles. The van der Waals surface area contributed by atoms with Crippen LogP contribution in [0.25, 0.3) is 0 Å². The molecule has 1 aromatic heterocycles. The molecular formula is C12H19BrN2S. The molecule has 0 aliphatic carbocycles. The summed E-state index contributed by atoms with van der Waals surface area (Å²) in [6.45, 7) is 6.95. The maximum absolute atomic E-state index is 3.60. The zero-order chi connectivity index (χ0) is 11.4. The van der Waals surface area contributed by atoms with Crippen molar-refractivity contribution in [2.75, 3.05) is 19.6 Å². The van der Waals surface area contributed by atoms with Crippen molar-refractivity contribution in [3.63, 3.8) is 0 Å². The molecule has 1 atom stereocenters. The van der Waals surface area contributed by atoms with E-state index in [2.05, 4.69) is 44.5 Å². The second kappa shape index (κ2) is 6.15. The zero-order valence-electron chi connectivity index (χ0n) is 9.71. The van der Waals surface area contributed by atoms with Gasteiger partial charge in [-0.3, -0.25) is 4.90 Å². The fourth-order valence-electron chi connectivity index (χ4n) is 2.15. The Bertz CT molecular complexity index is 327. The molecular weight excluding hydrogens is 284 g/mol. The first-order chi connectivity index (χ1) is 7.78. The van der Waals surface area contributed by atoms with E-state index in [1.165, 1.54) is 41.8 Å². The van der Waals surface area contributed by atoms with Gasteiger partial charge in [0.2, 0.25) is 0 Å². The molecule has 1 aromatic rings. The van der Waals surface area contributed by atoms with Crippen molar-refractivity contribution in [1.29, 1.82) is 0 Å². The van der Waals surface area contributed by atoms with Gasteiger partial charge in [-0.2, -0.15) is 0 Å². The van der Waals surface area contributed by atoms with E-state index in [0.29, 0.717) is 6.04 Å². The molecule has 90 valence electrons. The van der Waals surface area contributed by atoms with Gasteiger partial charge in [-0.1, -0.05) is 6.92 Å². The Labute approximate surface area is 110 Å². The van der Waals surface area contributed by atoms with Gasteiger partial charge in [-0.15, -0.1) is 11.3 Å². The fraction of sp³-hybridized carbons (Fsp3) is 0.667. The molecule has 0 spiro atoms. The lowest BCUT2D eigenvalue weighted by atomic mass is 10.2. The van der Waals surface area contributed by atoms with Gasteiger partial charge in [0, 0.05) is 33.9 Å². The van der Waals surface area contributed by atoms with Gasteiger partial charge in [-0.25, -0.2) is 0 Å². The van der Waals surface area contributed by atoms with Gasteiger partial charge in [-0.05, 0) is 47.9 Å². The van der Waals surface area contributed by atoms with E-state index < -0.39 is 0 Å². The van der Waals surface area contributed by atoms with Crippen molar-refractivity contribution in [2.45, 2.75) is 32.4 Å². The predicted octanol–water partition coefficient (Wildman–Crippen LogP) is 3.08. The van der Waals surface area contributed by atoms with Crippen LogP contribution >= 0.6 is 27.3 Å². The molecule has 0 radical (unpaired) electrons. The Morgan fingerprint density at radius 3 is 3.19 bits per heavy atom. The standard InChI is InChI=1S/C12H19BrN2S/c1-2-11-7-15(5-3-4-14-11)8-12-6-10(13)9-16-12/h6,9,11,14H,2-5,7-8H2,1H3. The summed E-state index contributed by atoms with van der Waals surface area (Å²) in [6, 6.07) is 2.91. The number of nitrogens with zero attached hydrogens (tertiary/aromatic N) is 1. The minimum absolute atomic E-state index is 0.672. The molecule has 1 N–H and O–H groups in total. The van der Waals surface area contributed by atoms with Crippen LogP contribution in [-0.4, -0.2) is 30.6 Å². The van der Waals surface area contributed by atoms with Crippen LogP contribution in [0.4, 0.5) is 0 Å². The van der Waals surface area contributed by atoms with Crippen molar-refractivity contribution in [1.82, 2.24) is 10.2 Å². The van der Waals surface area contributed by atoms with Gasteiger partial charge in [0.05, 0.1) is 0 Å². The summed E-state index contributed by atoms with van der Waals surface area (Å²) < 4.78 is 1.22. The number of nitrogens with one attached hydrogen (secondary N) is 1. The van der Waals surface area contributed by atoms with E-state index in [4.69, 9.17) is 0 Å². The second-order valence-corrected chi connectivity index (χ2v) is 6.29. The van der Waals surface area contributed by atoms with Gasteiger partial charge in [0.15, 0.2) is 0 Å². The Balaban J connectivity index is 1.92. The Morgan fingerprint density at radius 1 is 1.62 bits per heavy atom. The van der Waals surface area contributed by atoms with Crippen LogP contribution < -0.4 is 5.32 Å². The maximum Gasteiger partial charge on any atom is 0.0328 e. The second-order valence-electron chi connectivity index (χ2n) is 4.38. The van der Waals surface area contributed by atoms with Crippen molar-refractivity contribution >= 4 is 27.3 Å². The topological polar surface area (TPSA) is 15.3 Å². The molecule has 1 unspecified atom stereocenters. The summed E-state index contributed by atoms with van der Waals surface area (Å²) in [6.07, 6.45) is 2.49. The maximum atomic E-state index is 3.60. The highest BCUT2D eigenvalue weighted by molar-refractivity contribution is 9.10. The average Bonchev–Trinajstić information content (AvgIpc) is 2.55. The molecule has 1 aliphatic rings. The van der Waals surface area contributed by atoms with Gasteiger partial charge >= 0.3 is 0 Å². The van der Waals surface area contributed by atoms with Crippen molar-refractivity contribution in [2.24, 2.45) is 0 Å². The number of hydrogen-bond acceptors (Lipinski definition) is 3. The first-order valence-electron chi connectivity index (χ1n) is 5.96. The molecule has 1 aliphatic heterocycles. The largest absolute Gasteiger partial charge is 0.313 e. The SMILES string of the molecule is CCC1CN(Cc2cc(Br)cs2)CCCN1. The minimum atomic E-state index is 0.672. The molecule has 16 heavy (non-hydrogen) atoms. The Morgan fingerprint density at radius 2 is 2.50 bits per heavy atom. The number of halogens is 1. The van der Waals surface area contributed by atoms with E-state index in [1.54, 1.807) is 0 Å². The highest BCUT2D eigenvalue weighted by Gasteiger charge is 2.16. The van der Waals surface area contributed by atoms with Crippen LogP contribution in [0.15, 0.2) is 15.9 Å². The average molecular weight is 303 g/mol. The van der Waals surface area contributed by atoms with Crippen LogP contribution in [0.5, 0.6) is 0 Å². The first-order valence-corrected chi connectivity index (χ1v) is 7.64. The summed E-state index contributed by atoms with van der Waals surface area (Å²) in [5, 5.41) is 5.77. The molecule has 1 saturated heterocycles. The van der Waals surface area contributed by atoms with Crippen LogP contribution in [-0.2, 0) is 6.54 Å². The summed E-state index contributed by atoms with van der Waals surface area (Å²) in [5.41, 5.74) is 0. The van der Waals surface area contributed by atoms with Gasteiger partial charge in [0.25, 0.3) is 0 Å². The van der Waals surface area contributed by atoms with Crippen molar-refractivity contribution in [3.05, 3.63) is 20.8 Å². The van der Waals surface area contributed by atoms with E-state index >= 15 is 0 Å². The normalized spacial score (nSPS) is 23.2.